The second-order valence-corrected chi connectivity index (χ2v) is 10.7. The van der Waals surface area contributed by atoms with E-state index in [0.717, 1.165) is 12.1 Å². The van der Waals surface area contributed by atoms with Crippen LogP contribution in [-0.2, 0) is 9.53 Å². The van der Waals surface area contributed by atoms with Gasteiger partial charge in [-0.25, -0.2) is 9.78 Å². The third kappa shape index (κ3) is 5.09. The van der Waals surface area contributed by atoms with E-state index in [9.17, 15) is 24.4 Å². The number of carboxylic acid groups (broad SMARTS) is 1. The van der Waals surface area contributed by atoms with E-state index in [1.165, 1.54) is 17.4 Å². The lowest BCUT2D eigenvalue weighted by Crippen LogP contribution is -2.28. The topological polar surface area (TPSA) is 103 Å². The Kier molecular flexibility index (Phi) is 6.83. The first-order valence-electron chi connectivity index (χ1n) is 10.9. The number of hydrogen-bond donors (Lipinski definition) is 1. The number of hydrogen-bond acceptors (Lipinski definition) is 6. The number of nitrogens with zero attached hydrogens (tertiary/aromatic N) is 2. The zero-order chi connectivity index (χ0) is 26.4. The van der Waals surface area contributed by atoms with Crippen molar-refractivity contribution in [2.45, 2.75) is 39.4 Å². The van der Waals surface area contributed by atoms with Crippen LogP contribution in [0.5, 0.6) is 0 Å². The van der Waals surface area contributed by atoms with Gasteiger partial charge in [-0.2, -0.15) is 4.39 Å². The van der Waals surface area contributed by atoms with Gasteiger partial charge in [0.1, 0.15) is 5.01 Å². The monoisotopic (exact) mass is 528 g/mol. The summed E-state index contributed by atoms with van der Waals surface area (Å²) in [6.07, 6.45) is -1.27. The molecule has 0 radical (unpaired) electrons. The first kappa shape index (κ1) is 25.7. The maximum Gasteiger partial charge on any atom is 0.337 e. The minimum absolute atomic E-state index is 0.381. The lowest BCUT2D eigenvalue weighted by molar-refractivity contribution is -0.387. The summed E-state index contributed by atoms with van der Waals surface area (Å²) in [7, 11) is 0. The van der Waals surface area contributed by atoms with Gasteiger partial charge in [0.2, 0.25) is 5.82 Å². The van der Waals surface area contributed by atoms with Crippen LogP contribution in [0.25, 0.3) is 31.9 Å². The molecule has 0 saturated carbocycles. The molecule has 0 bridgehead atoms. The van der Waals surface area contributed by atoms with Gasteiger partial charge in [-0.15, -0.1) is 11.3 Å². The van der Waals surface area contributed by atoms with E-state index in [2.05, 4.69) is 4.98 Å². The average Bonchev–Trinajstić information content (AvgIpc) is 3.20. The highest BCUT2D eigenvalue weighted by Gasteiger charge is 2.32. The molecule has 1 N–H and O–H groups in total. The van der Waals surface area contributed by atoms with Crippen LogP contribution in [0, 0.1) is 22.9 Å². The number of thiazole rings is 1. The molecule has 186 valence electrons. The molecule has 1 aromatic heterocycles. The van der Waals surface area contributed by atoms with Gasteiger partial charge in [-0.05, 0) is 69.2 Å². The Morgan fingerprint density at radius 3 is 2.39 bits per heavy atom. The molecule has 0 spiro atoms. The Morgan fingerprint density at radius 1 is 1.17 bits per heavy atom. The van der Waals surface area contributed by atoms with Crippen LogP contribution in [0.2, 0.25) is 5.02 Å². The van der Waals surface area contributed by atoms with Gasteiger partial charge in [0.05, 0.1) is 20.7 Å². The number of halogens is 2. The first-order valence-corrected chi connectivity index (χ1v) is 12.1. The highest BCUT2D eigenvalue weighted by molar-refractivity contribution is 7.22. The van der Waals surface area contributed by atoms with Crippen molar-refractivity contribution in [1.82, 2.24) is 4.98 Å². The van der Waals surface area contributed by atoms with E-state index in [1.54, 1.807) is 58.0 Å². The lowest BCUT2D eigenvalue weighted by Gasteiger charge is -2.28. The predicted molar refractivity (Wildman–Crippen MR) is 138 cm³/mol. The summed E-state index contributed by atoms with van der Waals surface area (Å²) in [6, 6.07) is 12.4. The molecule has 1 atom stereocenters. The van der Waals surface area contributed by atoms with Gasteiger partial charge in [0.15, 0.2) is 6.10 Å². The van der Waals surface area contributed by atoms with Gasteiger partial charge in [-0.3, -0.25) is 10.1 Å². The minimum atomic E-state index is -1.27. The van der Waals surface area contributed by atoms with Crippen molar-refractivity contribution < 1.29 is 24.0 Å². The maximum atomic E-state index is 13.9. The minimum Gasteiger partial charge on any atom is -0.479 e. The Labute approximate surface area is 215 Å². The molecule has 0 saturated heterocycles. The third-order valence-electron chi connectivity index (χ3n) is 5.41. The fourth-order valence-electron chi connectivity index (χ4n) is 3.95. The smallest absolute Gasteiger partial charge is 0.337 e. The molecule has 36 heavy (non-hydrogen) atoms. The van der Waals surface area contributed by atoms with Crippen molar-refractivity contribution in [3.05, 3.63) is 80.6 Å². The quantitative estimate of drug-likeness (QED) is 0.204. The Bertz CT molecular complexity index is 1500. The Morgan fingerprint density at radius 2 is 1.81 bits per heavy atom. The van der Waals surface area contributed by atoms with E-state index in [0.29, 0.717) is 48.1 Å². The molecule has 1 heterocycles. The molecule has 0 aliphatic heterocycles. The van der Waals surface area contributed by atoms with Crippen LogP contribution >= 0.6 is 22.9 Å². The molecular formula is C26H22ClFN2O5S. The van der Waals surface area contributed by atoms with Crippen molar-refractivity contribution in [3.8, 4) is 21.7 Å². The summed E-state index contributed by atoms with van der Waals surface area (Å²) in [4.78, 5) is 27.5. The largest absolute Gasteiger partial charge is 0.479 e. The predicted octanol–water partition coefficient (Wildman–Crippen LogP) is 7.58. The average molecular weight is 529 g/mol. The summed E-state index contributed by atoms with van der Waals surface area (Å²) in [5.41, 5.74) is 2.04. The number of rotatable bonds is 6. The SMILES string of the molecule is Cc1cc2nc(-c3ccc(F)c([N+](=O)[O-])c3)sc2c(-c2ccc(Cl)cc2)c1C(OC(C)(C)C)C(=O)O. The van der Waals surface area contributed by atoms with Gasteiger partial charge in [0, 0.05) is 27.8 Å². The fraction of sp³-hybridized carbons (Fsp3) is 0.231. The van der Waals surface area contributed by atoms with E-state index in [-0.39, 0.29) is 0 Å². The van der Waals surface area contributed by atoms with Crippen molar-refractivity contribution in [3.63, 3.8) is 0 Å². The summed E-state index contributed by atoms with van der Waals surface area (Å²) in [6.45, 7) is 7.14. The number of ether oxygens (including phenoxy) is 1. The van der Waals surface area contributed by atoms with Crippen LogP contribution in [-0.4, -0.2) is 26.6 Å². The zero-order valence-electron chi connectivity index (χ0n) is 19.8. The molecular weight excluding hydrogens is 507 g/mol. The van der Waals surface area contributed by atoms with E-state index in [4.69, 9.17) is 16.3 Å². The number of aromatic nitrogens is 1. The fourth-order valence-corrected chi connectivity index (χ4v) is 5.19. The van der Waals surface area contributed by atoms with Crippen LogP contribution in [0.15, 0.2) is 48.5 Å². The zero-order valence-corrected chi connectivity index (χ0v) is 21.4. The van der Waals surface area contributed by atoms with Crippen LogP contribution in [0.4, 0.5) is 10.1 Å². The normalized spacial score (nSPS) is 12.6. The second kappa shape index (κ2) is 9.57. The number of aryl methyl sites for hydroxylation is 1. The van der Waals surface area contributed by atoms with Gasteiger partial charge in [-0.1, -0.05) is 23.7 Å². The molecule has 3 aromatic carbocycles. The number of aliphatic carboxylic acids is 1. The Hall–Kier alpha value is -3.40. The lowest BCUT2D eigenvalue weighted by atomic mass is 9.91. The number of nitro groups is 1. The summed E-state index contributed by atoms with van der Waals surface area (Å²) in [5, 5.41) is 22.3. The molecule has 1 unspecified atom stereocenters. The van der Waals surface area contributed by atoms with E-state index < -0.39 is 34.1 Å². The number of benzene rings is 3. The molecule has 0 fully saturated rings. The van der Waals surface area contributed by atoms with Crippen LogP contribution in [0.1, 0.15) is 38.0 Å². The molecule has 7 nitrogen and oxygen atoms in total. The standard InChI is InChI=1S/C26H22ClFN2O5S/c1-13-11-18-23(36-24(29-18)15-7-10-17(28)19(12-15)30(33)34)21(14-5-8-16(27)9-6-14)20(13)22(25(31)32)35-26(2,3)4/h5-12,22H,1-4H3,(H,31,32). The molecule has 0 amide bonds. The van der Waals surface area contributed by atoms with E-state index in [1.807, 2.05) is 0 Å². The molecule has 0 aliphatic carbocycles. The summed E-state index contributed by atoms with van der Waals surface area (Å²) < 4.78 is 20.6. The summed E-state index contributed by atoms with van der Waals surface area (Å²) in [5.74, 6) is -2.07. The molecule has 4 aromatic rings. The van der Waals surface area contributed by atoms with Gasteiger partial charge >= 0.3 is 11.7 Å². The summed E-state index contributed by atoms with van der Waals surface area (Å²) >= 11 is 7.35. The van der Waals surface area contributed by atoms with Gasteiger partial charge in [0.25, 0.3) is 0 Å². The Balaban J connectivity index is 2.03. The number of carboxylic acids is 1. The molecule has 0 aliphatic rings. The first-order chi connectivity index (χ1) is 16.9. The van der Waals surface area contributed by atoms with Crippen molar-refractivity contribution in [1.29, 1.82) is 0 Å². The maximum absolute atomic E-state index is 13.9. The second-order valence-electron chi connectivity index (χ2n) is 9.23. The highest BCUT2D eigenvalue weighted by atomic mass is 35.5. The number of nitro benzene ring substituents is 1. The van der Waals surface area contributed by atoms with Crippen LogP contribution < -0.4 is 0 Å². The number of carbonyl (C=O) groups is 1. The number of fused-ring (bicyclic) bond motifs is 1. The van der Waals surface area contributed by atoms with Gasteiger partial charge < -0.3 is 9.84 Å². The third-order valence-corrected chi connectivity index (χ3v) is 6.80. The highest BCUT2D eigenvalue weighted by Crippen LogP contribution is 2.44. The van der Waals surface area contributed by atoms with Crippen molar-refractivity contribution in [2.24, 2.45) is 0 Å². The van der Waals surface area contributed by atoms with Crippen molar-refractivity contribution in [2.75, 3.05) is 0 Å². The molecule has 10 heteroatoms. The van der Waals surface area contributed by atoms with E-state index >= 15 is 0 Å². The molecule has 4 rings (SSSR count). The van der Waals surface area contributed by atoms with Crippen molar-refractivity contribution >= 4 is 44.8 Å². The van der Waals surface area contributed by atoms with Crippen LogP contribution in [0.3, 0.4) is 0 Å².